The number of nitro groups is 1. The highest BCUT2D eigenvalue weighted by atomic mass is 16.6. The molecule has 108 valence electrons. The number of nitrogen functional groups attached to an aromatic ring is 1. The highest BCUT2D eigenvalue weighted by Gasteiger charge is 2.17. The Morgan fingerprint density at radius 1 is 1.33 bits per heavy atom. The fraction of sp³-hybridized carbons (Fsp3) is 0.0769. The molecule has 0 bridgehead atoms. The van der Waals surface area contributed by atoms with Crippen molar-refractivity contribution in [2.75, 3.05) is 7.11 Å². The van der Waals surface area contributed by atoms with Gasteiger partial charge in [-0.2, -0.15) is 0 Å². The second kappa shape index (κ2) is 5.87. The first-order chi connectivity index (χ1) is 10.0. The Labute approximate surface area is 119 Å². The SMILES string of the molecule is COc1ccc(Oc2ccc(C(=N)N)nc2)c([N+](=O)[O-])c1. The summed E-state index contributed by atoms with van der Waals surface area (Å²) in [4.78, 5) is 14.4. The number of nitrogens with one attached hydrogen (secondary N) is 1. The van der Waals surface area contributed by atoms with E-state index in [2.05, 4.69) is 4.98 Å². The van der Waals surface area contributed by atoms with Crippen LogP contribution in [0.15, 0.2) is 36.5 Å². The van der Waals surface area contributed by atoms with Crippen LogP contribution in [0.1, 0.15) is 5.69 Å². The molecule has 0 saturated heterocycles. The molecule has 0 saturated carbocycles. The van der Waals surface area contributed by atoms with E-state index in [1.165, 1.54) is 37.6 Å². The van der Waals surface area contributed by atoms with Crippen LogP contribution in [-0.4, -0.2) is 22.9 Å². The van der Waals surface area contributed by atoms with Gasteiger partial charge < -0.3 is 15.2 Å². The van der Waals surface area contributed by atoms with E-state index in [-0.39, 0.29) is 17.3 Å². The van der Waals surface area contributed by atoms with Gasteiger partial charge in [-0.25, -0.2) is 4.98 Å². The molecule has 21 heavy (non-hydrogen) atoms. The summed E-state index contributed by atoms with van der Waals surface area (Å²) in [6.45, 7) is 0. The number of aromatic nitrogens is 1. The van der Waals surface area contributed by atoms with Crippen LogP contribution in [0.25, 0.3) is 0 Å². The van der Waals surface area contributed by atoms with Crippen molar-refractivity contribution in [3.8, 4) is 17.2 Å². The average Bonchev–Trinajstić information content (AvgIpc) is 2.48. The molecule has 0 spiro atoms. The largest absolute Gasteiger partial charge is 0.496 e. The van der Waals surface area contributed by atoms with Crippen molar-refractivity contribution in [1.29, 1.82) is 5.41 Å². The Balaban J connectivity index is 2.30. The van der Waals surface area contributed by atoms with Crippen LogP contribution in [0.4, 0.5) is 5.69 Å². The first kappa shape index (κ1) is 14.3. The number of hydrogen-bond acceptors (Lipinski definition) is 6. The summed E-state index contributed by atoms with van der Waals surface area (Å²) in [7, 11) is 1.42. The number of rotatable bonds is 5. The quantitative estimate of drug-likeness (QED) is 0.375. The molecule has 1 aromatic carbocycles. The Morgan fingerprint density at radius 2 is 2.05 bits per heavy atom. The maximum atomic E-state index is 11.0. The van der Waals surface area contributed by atoms with Crippen molar-refractivity contribution >= 4 is 11.5 Å². The molecule has 3 N–H and O–H groups in total. The van der Waals surface area contributed by atoms with E-state index in [1.54, 1.807) is 6.07 Å². The van der Waals surface area contributed by atoms with Crippen molar-refractivity contribution in [2.45, 2.75) is 0 Å². The van der Waals surface area contributed by atoms with Crippen molar-refractivity contribution in [2.24, 2.45) is 5.73 Å². The van der Waals surface area contributed by atoms with Gasteiger partial charge in [0.15, 0.2) is 0 Å². The van der Waals surface area contributed by atoms with Crippen LogP contribution in [0.2, 0.25) is 0 Å². The second-order valence-corrected chi connectivity index (χ2v) is 3.99. The van der Waals surface area contributed by atoms with Crippen LogP contribution in [0, 0.1) is 15.5 Å². The lowest BCUT2D eigenvalue weighted by molar-refractivity contribution is -0.385. The summed E-state index contributed by atoms with van der Waals surface area (Å²) in [5.41, 5.74) is 5.37. The lowest BCUT2D eigenvalue weighted by Crippen LogP contribution is -2.12. The molecule has 1 heterocycles. The van der Waals surface area contributed by atoms with Crippen molar-refractivity contribution in [3.63, 3.8) is 0 Å². The summed E-state index contributed by atoms with van der Waals surface area (Å²) >= 11 is 0. The van der Waals surface area contributed by atoms with Gasteiger partial charge in [-0.05, 0) is 24.3 Å². The number of benzene rings is 1. The van der Waals surface area contributed by atoms with E-state index in [4.69, 9.17) is 20.6 Å². The highest BCUT2D eigenvalue weighted by molar-refractivity contribution is 5.92. The lowest BCUT2D eigenvalue weighted by Gasteiger charge is -2.07. The maximum absolute atomic E-state index is 11.0. The Morgan fingerprint density at radius 3 is 2.57 bits per heavy atom. The molecular formula is C13H12N4O4. The maximum Gasteiger partial charge on any atom is 0.315 e. The van der Waals surface area contributed by atoms with Crippen LogP contribution in [0.5, 0.6) is 17.2 Å². The van der Waals surface area contributed by atoms with Gasteiger partial charge in [-0.3, -0.25) is 15.5 Å². The zero-order valence-electron chi connectivity index (χ0n) is 11.1. The van der Waals surface area contributed by atoms with Crippen LogP contribution < -0.4 is 15.2 Å². The molecule has 0 unspecified atom stereocenters. The van der Waals surface area contributed by atoms with Crippen LogP contribution in [0.3, 0.4) is 0 Å². The van der Waals surface area contributed by atoms with E-state index in [9.17, 15) is 10.1 Å². The van der Waals surface area contributed by atoms with Crippen molar-refractivity contribution < 1.29 is 14.4 Å². The molecule has 0 aliphatic carbocycles. The predicted molar refractivity (Wildman–Crippen MR) is 75.0 cm³/mol. The van der Waals surface area contributed by atoms with Gasteiger partial charge >= 0.3 is 5.69 Å². The minimum Gasteiger partial charge on any atom is -0.496 e. The third-order valence-electron chi connectivity index (χ3n) is 2.60. The highest BCUT2D eigenvalue weighted by Crippen LogP contribution is 2.34. The molecule has 0 amide bonds. The van der Waals surface area contributed by atoms with Crippen molar-refractivity contribution in [3.05, 3.63) is 52.3 Å². The third-order valence-corrected chi connectivity index (χ3v) is 2.60. The van der Waals surface area contributed by atoms with Crippen LogP contribution in [-0.2, 0) is 0 Å². The van der Waals surface area contributed by atoms with E-state index in [0.717, 1.165) is 0 Å². The normalized spacial score (nSPS) is 9.95. The Bertz CT molecular complexity index is 685. The van der Waals surface area contributed by atoms with E-state index in [0.29, 0.717) is 17.2 Å². The number of nitrogens with two attached hydrogens (primary N) is 1. The lowest BCUT2D eigenvalue weighted by atomic mass is 10.2. The van der Waals surface area contributed by atoms with Gasteiger partial charge in [0.2, 0.25) is 5.75 Å². The summed E-state index contributed by atoms with van der Waals surface area (Å²) in [6.07, 6.45) is 1.34. The molecular weight excluding hydrogens is 276 g/mol. The zero-order chi connectivity index (χ0) is 15.4. The van der Waals surface area contributed by atoms with E-state index in [1.807, 2.05) is 0 Å². The Hall–Kier alpha value is -3.16. The predicted octanol–water partition coefficient (Wildman–Crippen LogP) is 2.07. The molecule has 0 fully saturated rings. The second-order valence-electron chi connectivity index (χ2n) is 3.99. The molecule has 8 nitrogen and oxygen atoms in total. The van der Waals surface area contributed by atoms with Gasteiger partial charge in [0.05, 0.1) is 24.3 Å². The number of hydrogen-bond donors (Lipinski definition) is 2. The summed E-state index contributed by atoms with van der Waals surface area (Å²) in [5.74, 6) is 0.558. The summed E-state index contributed by atoms with van der Waals surface area (Å²) in [5, 5.41) is 18.3. The minimum atomic E-state index is -0.560. The number of ether oxygens (including phenoxy) is 2. The first-order valence-electron chi connectivity index (χ1n) is 5.82. The average molecular weight is 288 g/mol. The molecule has 0 aliphatic rings. The van der Waals surface area contributed by atoms with E-state index < -0.39 is 4.92 Å². The first-order valence-corrected chi connectivity index (χ1v) is 5.82. The molecule has 8 heteroatoms. The van der Waals surface area contributed by atoms with Gasteiger partial charge in [0.1, 0.15) is 23.0 Å². The number of nitro benzene ring substituents is 1. The minimum absolute atomic E-state index is 0.0678. The number of methoxy groups -OCH3 is 1. The standard InChI is InChI=1S/C13H12N4O4/c1-20-8-3-5-12(11(6-8)17(18)19)21-9-2-4-10(13(14)15)16-7-9/h2-7H,1H3,(H3,14,15). The monoisotopic (exact) mass is 288 g/mol. The molecule has 2 rings (SSSR count). The molecule has 0 atom stereocenters. The number of amidine groups is 1. The molecule has 1 aromatic heterocycles. The van der Waals surface area contributed by atoms with Gasteiger partial charge in [0, 0.05) is 0 Å². The fourth-order valence-corrected chi connectivity index (χ4v) is 1.58. The fourth-order valence-electron chi connectivity index (χ4n) is 1.58. The smallest absolute Gasteiger partial charge is 0.315 e. The summed E-state index contributed by atoms with van der Waals surface area (Å²) < 4.78 is 10.4. The topological polar surface area (TPSA) is 124 Å². The summed E-state index contributed by atoms with van der Waals surface area (Å²) in [6, 6.07) is 7.28. The van der Waals surface area contributed by atoms with Gasteiger partial charge in [-0.15, -0.1) is 0 Å². The van der Waals surface area contributed by atoms with Gasteiger partial charge in [-0.1, -0.05) is 0 Å². The molecule has 0 radical (unpaired) electrons. The van der Waals surface area contributed by atoms with E-state index >= 15 is 0 Å². The number of nitrogens with zero attached hydrogens (tertiary/aromatic N) is 2. The zero-order valence-corrected chi connectivity index (χ0v) is 11.1. The van der Waals surface area contributed by atoms with Crippen LogP contribution >= 0.6 is 0 Å². The third kappa shape index (κ3) is 3.24. The van der Waals surface area contributed by atoms with Crippen molar-refractivity contribution in [1.82, 2.24) is 4.98 Å². The molecule has 2 aromatic rings. The van der Waals surface area contributed by atoms with Gasteiger partial charge in [0.25, 0.3) is 0 Å². The Kier molecular flexibility index (Phi) is 3.98. The molecule has 0 aliphatic heterocycles. The number of pyridine rings is 1.